The molecular formula is C18H23ClN4OS. The van der Waals surface area contributed by atoms with Crippen LogP contribution in [0.1, 0.15) is 32.6 Å². The van der Waals surface area contributed by atoms with E-state index in [1.165, 1.54) is 18.2 Å². The van der Waals surface area contributed by atoms with Crippen LogP contribution in [0.4, 0.5) is 0 Å². The summed E-state index contributed by atoms with van der Waals surface area (Å²) in [6, 6.07) is 7.91. The quantitative estimate of drug-likeness (QED) is 0.737. The molecule has 1 saturated heterocycles. The minimum absolute atomic E-state index is 0.201. The number of hydrogen-bond donors (Lipinski definition) is 0. The number of piperidine rings is 1. The number of carbonyl (C=O) groups excluding carboxylic acids is 1. The molecule has 0 bridgehead atoms. The van der Waals surface area contributed by atoms with Gasteiger partial charge in [0.1, 0.15) is 0 Å². The summed E-state index contributed by atoms with van der Waals surface area (Å²) in [5, 5.41) is 9.95. The molecule has 1 atom stereocenters. The highest BCUT2D eigenvalue weighted by Gasteiger charge is 2.25. The first-order valence-corrected chi connectivity index (χ1v) is 10.0. The average molecular weight is 379 g/mol. The number of benzene rings is 1. The van der Waals surface area contributed by atoms with Crippen molar-refractivity contribution in [1.82, 2.24) is 19.7 Å². The van der Waals surface area contributed by atoms with Gasteiger partial charge in [0.15, 0.2) is 11.0 Å². The molecule has 25 heavy (non-hydrogen) atoms. The van der Waals surface area contributed by atoms with Crippen LogP contribution in [0.3, 0.4) is 0 Å². The summed E-state index contributed by atoms with van der Waals surface area (Å²) in [7, 11) is 1.92. The Balaban J connectivity index is 1.65. The van der Waals surface area contributed by atoms with Crippen LogP contribution in [0.5, 0.6) is 0 Å². The van der Waals surface area contributed by atoms with E-state index in [0.717, 1.165) is 42.4 Å². The summed E-state index contributed by atoms with van der Waals surface area (Å²) in [6.45, 7) is 3.04. The van der Waals surface area contributed by atoms with Crippen LogP contribution in [-0.4, -0.2) is 43.9 Å². The molecule has 7 heteroatoms. The second-order valence-corrected chi connectivity index (χ2v) is 7.68. The van der Waals surface area contributed by atoms with Gasteiger partial charge in [0, 0.05) is 30.2 Å². The molecular weight excluding hydrogens is 356 g/mol. The van der Waals surface area contributed by atoms with E-state index in [9.17, 15) is 4.79 Å². The van der Waals surface area contributed by atoms with E-state index in [-0.39, 0.29) is 5.91 Å². The first kappa shape index (κ1) is 18.3. The lowest BCUT2D eigenvalue weighted by molar-refractivity contribution is -0.132. The highest BCUT2D eigenvalue weighted by molar-refractivity contribution is 7.99. The minimum Gasteiger partial charge on any atom is -0.339 e. The Kier molecular flexibility index (Phi) is 6.02. The maximum absolute atomic E-state index is 12.6. The smallest absolute Gasteiger partial charge is 0.233 e. The highest BCUT2D eigenvalue weighted by atomic mass is 35.5. The van der Waals surface area contributed by atoms with Crippen LogP contribution in [0.15, 0.2) is 29.4 Å². The molecule has 2 heterocycles. The fourth-order valence-electron chi connectivity index (χ4n) is 3.25. The number of thioether (sulfide) groups is 1. The van der Waals surface area contributed by atoms with E-state index in [2.05, 4.69) is 17.1 Å². The second-order valence-electron chi connectivity index (χ2n) is 6.31. The SMILES string of the molecule is CCC1CCCCN1C(=O)CSc1nnc(-c2ccc(Cl)cc2)n1C. The van der Waals surface area contributed by atoms with Gasteiger partial charge in [-0.05, 0) is 49.9 Å². The van der Waals surface area contributed by atoms with E-state index in [1.807, 2.05) is 40.8 Å². The van der Waals surface area contributed by atoms with Crippen LogP contribution in [-0.2, 0) is 11.8 Å². The van der Waals surface area contributed by atoms with Crippen molar-refractivity contribution in [3.8, 4) is 11.4 Å². The number of halogens is 1. The Morgan fingerprint density at radius 3 is 2.76 bits per heavy atom. The van der Waals surface area contributed by atoms with Crippen LogP contribution in [0.2, 0.25) is 5.02 Å². The highest BCUT2D eigenvalue weighted by Crippen LogP contribution is 2.25. The van der Waals surface area contributed by atoms with Crippen molar-refractivity contribution >= 4 is 29.3 Å². The molecule has 1 aliphatic heterocycles. The van der Waals surface area contributed by atoms with Crippen molar-refractivity contribution in [3.05, 3.63) is 29.3 Å². The molecule has 0 spiro atoms. The topological polar surface area (TPSA) is 51.0 Å². The number of aromatic nitrogens is 3. The van der Waals surface area contributed by atoms with Crippen LogP contribution in [0.25, 0.3) is 11.4 Å². The first-order chi connectivity index (χ1) is 12.1. The molecule has 1 aliphatic rings. The number of hydrogen-bond acceptors (Lipinski definition) is 4. The van der Waals surface area contributed by atoms with Crippen molar-refractivity contribution < 1.29 is 4.79 Å². The predicted octanol–water partition coefficient (Wildman–Crippen LogP) is 4.02. The Labute approximate surface area is 157 Å². The molecule has 134 valence electrons. The van der Waals surface area contributed by atoms with Crippen molar-refractivity contribution in [2.45, 2.75) is 43.8 Å². The van der Waals surface area contributed by atoms with Crippen molar-refractivity contribution in [1.29, 1.82) is 0 Å². The van der Waals surface area contributed by atoms with Crippen LogP contribution in [0, 0.1) is 0 Å². The molecule has 2 aromatic rings. The van der Waals surface area contributed by atoms with Gasteiger partial charge >= 0.3 is 0 Å². The maximum atomic E-state index is 12.6. The number of carbonyl (C=O) groups is 1. The van der Waals surface area contributed by atoms with Crippen molar-refractivity contribution in [2.24, 2.45) is 7.05 Å². The third-order valence-electron chi connectivity index (χ3n) is 4.68. The second kappa shape index (κ2) is 8.23. The van der Waals surface area contributed by atoms with E-state index in [4.69, 9.17) is 11.6 Å². The van der Waals surface area contributed by atoms with Crippen molar-refractivity contribution in [3.63, 3.8) is 0 Å². The lowest BCUT2D eigenvalue weighted by Crippen LogP contribution is -2.44. The molecule has 0 saturated carbocycles. The lowest BCUT2D eigenvalue weighted by Gasteiger charge is -2.35. The van der Waals surface area contributed by atoms with E-state index in [0.29, 0.717) is 16.8 Å². The van der Waals surface area contributed by atoms with E-state index in [1.54, 1.807) is 0 Å². The van der Waals surface area contributed by atoms with Crippen LogP contribution < -0.4 is 0 Å². The normalized spacial score (nSPS) is 17.7. The van der Waals surface area contributed by atoms with Gasteiger partial charge < -0.3 is 9.47 Å². The first-order valence-electron chi connectivity index (χ1n) is 8.67. The zero-order valence-corrected chi connectivity index (χ0v) is 16.2. The summed E-state index contributed by atoms with van der Waals surface area (Å²) in [6.07, 6.45) is 4.49. The lowest BCUT2D eigenvalue weighted by atomic mass is 10.0. The van der Waals surface area contributed by atoms with E-state index >= 15 is 0 Å². The van der Waals surface area contributed by atoms with Crippen LogP contribution >= 0.6 is 23.4 Å². The average Bonchev–Trinajstić information content (AvgIpc) is 3.01. The number of amides is 1. The van der Waals surface area contributed by atoms with Crippen molar-refractivity contribution in [2.75, 3.05) is 12.3 Å². The van der Waals surface area contributed by atoms with Gasteiger partial charge in [0.05, 0.1) is 5.75 Å². The summed E-state index contributed by atoms with van der Waals surface area (Å²) >= 11 is 7.39. The van der Waals surface area contributed by atoms with E-state index < -0.39 is 0 Å². The predicted molar refractivity (Wildman–Crippen MR) is 102 cm³/mol. The summed E-state index contributed by atoms with van der Waals surface area (Å²) in [4.78, 5) is 14.6. The largest absolute Gasteiger partial charge is 0.339 e. The van der Waals surface area contributed by atoms with Gasteiger partial charge in [-0.15, -0.1) is 10.2 Å². The molecule has 0 aliphatic carbocycles. The Bertz CT molecular complexity index is 731. The van der Waals surface area contributed by atoms with Gasteiger partial charge in [-0.3, -0.25) is 4.79 Å². The molecule has 1 amide bonds. The molecule has 1 unspecified atom stereocenters. The standard InChI is InChI=1S/C18H23ClN4OS/c1-3-15-6-4-5-11-23(15)16(24)12-25-18-21-20-17(22(18)2)13-7-9-14(19)10-8-13/h7-10,15H,3-6,11-12H2,1-2H3. The van der Waals surface area contributed by atoms with Gasteiger partial charge in [-0.25, -0.2) is 0 Å². The van der Waals surface area contributed by atoms with Gasteiger partial charge in [-0.1, -0.05) is 30.3 Å². The molecule has 3 rings (SSSR count). The number of nitrogens with zero attached hydrogens (tertiary/aromatic N) is 4. The zero-order valence-electron chi connectivity index (χ0n) is 14.6. The number of likely N-dealkylation sites (tertiary alicyclic amines) is 1. The number of rotatable bonds is 5. The Morgan fingerprint density at radius 1 is 1.28 bits per heavy atom. The third kappa shape index (κ3) is 4.18. The van der Waals surface area contributed by atoms with Gasteiger partial charge in [-0.2, -0.15) is 0 Å². The molecule has 5 nitrogen and oxygen atoms in total. The third-order valence-corrected chi connectivity index (χ3v) is 5.94. The molecule has 0 radical (unpaired) electrons. The molecule has 1 fully saturated rings. The van der Waals surface area contributed by atoms with Gasteiger partial charge in [0.2, 0.25) is 5.91 Å². The monoisotopic (exact) mass is 378 g/mol. The fourth-order valence-corrected chi connectivity index (χ4v) is 4.18. The maximum Gasteiger partial charge on any atom is 0.233 e. The summed E-state index contributed by atoms with van der Waals surface area (Å²) in [5.41, 5.74) is 0.958. The summed E-state index contributed by atoms with van der Waals surface area (Å²) < 4.78 is 1.93. The van der Waals surface area contributed by atoms with Gasteiger partial charge in [0.25, 0.3) is 0 Å². The minimum atomic E-state index is 0.201. The Hall–Kier alpha value is -1.53. The molecule has 1 aromatic heterocycles. The molecule has 0 N–H and O–H groups in total. The zero-order chi connectivity index (χ0) is 17.8. The Morgan fingerprint density at radius 2 is 2.04 bits per heavy atom. The molecule has 1 aromatic carbocycles. The summed E-state index contributed by atoms with van der Waals surface area (Å²) in [5.74, 6) is 1.38. The fraction of sp³-hybridized carbons (Fsp3) is 0.500.